The van der Waals surface area contributed by atoms with Gasteiger partial charge in [0.05, 0.1) is 12.5 Å². The fourth-order valence-corrected chi connectivity index (χ4v) is 1.71. The quantitative estimate of drug-likeness (QED) is 0.796. The lowest BCUT2D eigenvalue weighted by molar-refractivity contribution is -0.131. The first kappa shape index (κ1) is 14.9. The summed E-state index contributed by atoms with van der Waals surface area (Å²) in [6.45, 7) is 2.68. The third-order valence-electron chi connectivity index (χ3n) is 3.02. The molecule has 0 spiro atoms. The minimum atomic E-state index is -0.957. The Kier molecular flexibility index (Phi) is 5.77. The number of carboxylic acids is 1. The van der Waals surface area contributed by atoms with Crippen LogP contribution in [0.25, 0.3) is 6.08 Å². The normalized spacial score (nSPS) is 12.5. The van der Waals surface area contributed by atoms with Crippen LogP contribution < -0.4 is 0 Å². The maximum atomic E-state index is 10.6. The number of benzene rings is 1. The number of hydrogen-bond acceptors (Lipinski definition) is 3. The molecule has 0 saturated heterocycles. The summed E-state index contributed by atoms with van der Waals surface area (Å²) in [5.41, 5.74) is 1.94. The standard InChI is InChI=1S/C15H18N2O2/c1-12(9-10-16)17(2)11-14-6-4-3-5-13(14)7-8-15(18)19/h3-8,12H,9,11H2,1-2H3,(H,18,19)/b8-7+. The molecule has 4 heteroatoms. The van der Waals surface area contributed by atoms with E-state index in [4.69, 9.17) is 10.4 Å². The Labute approximate surface area is 113 Å². The molecular formula is C15H18N2O2. The van der Waals surface area contributed by atoms with E-state index in [-0.39, 0.29) is 6.04 Å². The lowest BCUT2D eigenvalue weighted by atomic mass is 10.1. The summed E-state index contributed by atoms with van der Waals surface area (Å²) in [6.07, 6.45) is 3.21. The van der Waals surface area contributed by atoms with Crippen LogP contribution in [-0.2, 0) is 11.3 Å². The summed E-state index contributed by atoms with van der Waals surface area (Å²) in [7, 11) is 1.96. The van der Waals surface area contributed by atoms with Crippen molar-refractivity contribution in [2.45, 2.75) is 25.9 Å². The number of nitrogens with zero attached hydrogens (tertiary/aromatic N) is 2. The maximum Gasteiger partial charge on any atom is 0.328 e. The molecule has 0 heterocycles. The van der Waals surface area contributed by atoms with Crippen LogP contribution in [0.5, 0.6) is 0 Å². The highest BCUT2D eigenvalue weighted by molar-refractivity contribution is 5.85. The Bertz CT molecular complexity index is 503. The highest BCUT2D eigenvalue weighted by atomic mass is 16.4. The summed E-state index contributed by atoms with van der Waals surface area (Å²) in [5, 5.41) is 17.4. The summed E-state index contributed by atoms with van der Waals surface area (Å²) in [4.78, 5) is 12.6. The zero-order valence-electron chi connectivity index (χ0n) is 11.2. The molecule has 0 aliphatic heterocycles. The molecule has 0 radical (unpaired) electrons. The van der Waals surface area contributed by atoms with E-state index in [2.05, 4.69) is 11.0 Å². The number of rotatable bonds is 6. The molecule has 4 nitrogen and oxygen atoms in total. The van der Waals surface area contributed by atoms with E-state index in [1.165, 1.54) is 0 Å². The fourth-order valence-electron chi connectivity index (χ4n) is 1.71. The molecule has 0 fully saturated rings. The molecule has 1 unspecified atom stereocenters. The Morgan fingerprint density at radius 2 is 2.21 bits per heavy atom. The van der Waals surface area contributed by atoms with Crippen molar-refractivity contribution in [3.63, 3.8) is 0 Å². The van der Waals surface area contributed by atoms with Crippen molar-refractivity contribution in [2.24, 2.45) is 0 Å². The van der Waals surface area contributed by atoms with Crippen LogP contribution in [0.15, 0.2) is 30.3 Å². The van der Waals surface area contributed by atoms with Gasteiger partial charge >= 0.3 is 5.97 Å². The van der Waals surface area contributed by atoms with Crippen LogP contribution in [0.1, 0.15) is 24.5 Å². The van der Waals surface area contributed by atoms with Gasteiger partial charge in [-0.1, -0.05) is 24.3 Å². The number of aliphatic carboxylic acids is 1. The largest absolute Gasteiger partial charge is 0.478 e. The van der Waals surface area contributed by atoms with Crippen molar-refractivity contribution in [1.29, 1.82) is 5.26 Å². The van der Waals surface area contributed by atoms with E-state index < -0.39 is 5.97 Å². The lowest BCUT2D eigenvalue weighted by Gasteiger charge is -2.23. The zero-order valence-corrected chi connectivity index (χ0v) is 11.2. The number of carboxylic acid groups (broad SMARTS) is 1. The first-order valence-electron chi connectivity index (χ1n) is 6.10. The summed E-state index contributed by atoms with van der Waals surface area (Å²) < 4.78 is 0. The molecule has 0 aliphatic carbocycles. The van der Waals surface area contributed by atoms with Crippen LogP contribution in [0, 0.1) is 11.3 Å². The summed E-state index contributed by atoms with van der Waals surface area (Å²) in [5.74, 6) is -0.957. The van der Waals surface area contributed by atoms with E-state index >= 15 is 0 Å². The molecule has 0 bridgehead atoms. The SMILES string of the molecule is CC(CC#N)N(C)Cc1ccccc1/C=C/C(=O)O. The molecule has 1 atom stereocenters. The second-order valence-corrected chi connectivity index (χ2v) is 4.50. The number of carbonyl (C=O) groups is 1. The average molecular weight is 258 g/mol. The molecule has 0 amide bonds. The summed E-state index contributed by atoms with van der Waals surface area (Å²) >= 11 is 0. The highest BCUT2D eigenvalue weighted by Gasteiger charge is 2.10. The van der Waals surface area contributed by atoms with E-state index in [0.717, 1.165) is 17.2 Å². The minimum absolute atomic E-state index is 0.168. The first-order valence-corrected chi connectivity index (χ1v) is 6.10. The highest BCUT2D eigenvalue weighted by Crippen LogP contribution is 2.15. The molecular weight excluding hydrogens is 240 g/mol. The molecule has 0 aromatic heterocycles. The van der Waals surface area contributed by atoms with Gasteiger partial charge < -0.3 is 5.11 Å². The van der Waals surface area contributed by atoms with Gasteiger partial charge in [-0.2, -0.15) is 5.26 Å². The number of nitriles is 1. The van der Waals surface area contributed by atoms with Crippen molar-refractivity contribution >= 4 is 12.0 Å². The van der Waals surface area contributed by atoms with E-state index in [1.54, 1.807) is 6.08 Å². The Morgan fingerprint density at radius 3 is 2.84 bits per heavy atom. The third kappa shape index (κ3) is 4.94. The third-order valence-corrected chi connectivity index (χ3v) is 3.02. The molecule has 1 aromatic rings. The van der Waals surface area contributed by atoms with Crippen molar-refractivity contribution in [3.05, 3.63) is 41.5 Å². The second-order valence-electron chi connectivity index (χ2n) is 4.50. The molecule has 1 rings (SSSR count). The second kappa shape index (κ2) is 7.34. The molecule has 0 saturated carbocycles. The Balaban J connectivity index is 2.84. The van der Waals surface area contributed by atoms with Gasteiger partial charge in [-0.3, -0.25) is 4.90 Å². The monoisotopic (exact) mass is 258 g/mol. The van der Waals surface area contributed by atoms with Gasteiger partial charge in [0.25, 0.3) is 0 Å². The zero-order chi connectivity index (χ0) is 14.3. The van der Waals surface area contributed by atoms with Crippen LogP contribution in [-0.4, -0.2) is 29.1 Å². The topological polar surface area (TPSA) is 64.3 Å². The van der Waals surface area contributed by atoms with E-state index in [1.807, 2.05) is 38.2 Å². The van der Waals surface area contributed by atoms with Crippen molar-refractivity contribution in [2.75, 3.05) is 7.05 Å². The lowest BCUT2D eigenvalue weighted by Crippen LogP contribution is -2.28. The molecule has 1 N–H and O–H groups in total. The predicted molar refractivity (Wildman–Crippen MR) is 74.3 cm³/mol. The molecule has 19 heavy (non-hydrogen) atoms. The Hall–Kier alpha value is -2.12. The van der Waals surface area contributed by atoms with Gasteiger partial charge in [-0.25, -0.2) is 4.79 Å². The smallest absolute Gasteiger partial charge is 0.328 e. The van der Waals surface area contributed by atoms with Crippen LogP contribution in [0.3, 0.4) is 0 Å². The van der Waals surface area contributed by atoms with E-state index in [0.29, 0.717) is 13.0 Å². The van der Waals surface area contributed by atoms with Gasteiger partial charge in [-0.15, -0.1) is 0 Å². The van der Waals surface area contributed by atoms with Gasteiger partial charge in [0.15, 0.2) is 0 Å². The van der Waals surface area contributed by atoms with Crippen molar-refractivity contribution in [3.8, 4) is 6.07 Å². The van der Waals surface area contributed by atoms with Crippen molar-refractivity contribution in [1.82, 2.24) is 4.90 Å². The average Bonchev–Trinajstić information content (AvgIpc) is 2.37. The van der Waals surface area contributed by atoms with Gasteiger partial charge in [0.2, 0.25) is 0 Å². The van der Waals surface area contributed by atoms with Crippen LogP contribution >= 0.6 is 0 Å². The minimum Gasteiger partial charge on any atom is -0.478 e. The summed E-state index contributed by atoms with van der Waals surface area (Å²) in [6, 6.07) is 9.98. The van der Waals surface area contributed by atoms with Gasteiger partial charge in [-0.05, 0) is 31.2 Å². The fraction of sp³-hybridized carbons (Fsp3) is 0.333. The molecule has 100 valence electrons. The van der Waals surface area contributed by atoms with E-state index in [9.17, 15) is 4.79 Å². The van der Waals surface area contributed by atoms with Gasteiger partial charge in [0, 0.05) is 18.7 Å². The number of hydrogen-bond donors (Lipinski definition) is 1. The van der Waals surface area contributed by atoms with Gasteiger partial charge in [0.1, 0.15) is 0 Å². The van der Waals surface area contributed by atoms with Crippen LogP contribution in [0.4, 0.5) is 0 Å². The predicted octanol–water partition coefficient (Wildman–Crippen LogP) is 2.52. The molecule has 0 aliphatic rings. The van der Waals surface area contributed by atoms with Crippen molar-refractivity contribution < 1.29 is 9.90 Å². The first-order chi connectivity index (χ1) is 9.04. The Morgan fingerprint density at radius 1 is 1.53 bits per heavy atom. The maximum absolute atomic E-state index is 10.6. The van der Waals surface area contributed by atoms with Crippen LogP contribution in [0.2, 0.25) is 0 Å². The molecule has 1 aromatic carbocycles.